The fourth-order valence-corrected chi connectivity index (χ4v) is 2.60. The molecule has 1 saturated heterocycles. The summed E-state index contributed by atoms with van der Waals surface area (Å²) in [5.74, 6) is 1.61. The van der Waals surface area contributed by atoms with Crippen molar-refractivity contribution in [2.75, 3.05) is 40.0 Å². The summed E-state index contributed by atoms with van der Waals surface area (Å²) in [7, 11) is 2.15. The second-order valence-corrected chi connectivity index (χ2v) is 6.06. The molecule has 1 aliphatic rings. The second kappa shape index (κ2) is 7.88. The molecule has 0 N–H and O–H groups in total. The van der Waals surface area contributed by atoms with E-state index in [1.165, 1.54) is 12.8 Å². The summed E-state index contributed by atoms with van der Waals surface area (Å²) in [6.07, 6.45) is 2.49. The summed E-state index contributed by atoms with van der Waals surface area (Å²) in [4.78, 5) is 2.33. The van der Waals surface area contributed by atoms with Crippen LogP contribution in [0.1, 0.15) is 12.8 Å². The second-order valence-electron chi connectivity index (χ2n) is 5.15. The van der Waals surface area contributed by atoms with Gasteiger partial charge in [-0.25, -0.2) is 0 Å². The first-order valence-corrected chi connectivity index (χ1v) is 7.68. The molecular formula is C15H22BrNO2. The number of likely N-dealkylation sites (N-methyl/N-ethyl adjacent to an activating group) is 1. The number of ether oxygens (including phenoxy) is 2. The molecular weight excluding hydrogens is 306 g/mol. The zero-order valence-electron chi connectivity index (χ0n) is 11.5. The molecule has 1 fully saturated rings. The quantitative estimate of drug-likeness (QED) is 0.801. The zero-order valence-corrected chi connectivity index (χ0v) is 13.1. The lowest BCUT2D eigenvalue weighted by Gasteiger charge is -2.27. The number of benzene rings is 1. The number of hydrogen-bond acceptors (Lipinski definition) is 3. The first-order valence-electron chi connectivity index (χ1n) is 6.88. The van der Waals surface area contributed by atoms with Crippen LogP contribution in [0, 0.1) is 5.92 Å². The third-order valence-electron chi connectivity index (χ3n) is 3.38. The summed E-state index contributed by atoms with van der Waals surface area (Å²) in [6, 6.07) is 7.97. The highest BCUT2D eigenvalue weighted by Crippen LogP contribution is 2.16. The molecule has 0 radical (unpaired) electrons. The largest absolute Gasteiger partial charge is 0.492 e. The van der Waals surface area contributed by atoms with Crippen LogP contribution in [-0.4, -0.2) is 44.9 Å². The lowest BCUT2D eigenvalue weighted by molar-refractivity contribution is 0.0405. The van der Waals surface area contributed by atoms with Crippen LogP contribution in [0.25, 0.3) is 0 Å². The monoisotopic (exact) mass is 327 g/mol. The predicted octanol–water partition coefficient (Wildman–Crippen LogP) is 3.19. The van der Waals surface area contributed by atoms with Crippen molar-refractivity contribution in [2.45, 2.75) is 12.8 Å². The van der Waals surface area contributed by atoms with Crippen molar-refractivity contribution in [3.63, 3.8) is 0 Å². The fourth-order valence-electron chi connectivity index (χ4n) is 2.33. The smallest absolute Gasteiger partial charge is 0.119 e. The number of rotatable bonds is 6. The number of hydrogen-bond donors (Lipinski definition) is 0. The van der Waals surface area contributed by atoms with Crippen molar-refractivity contribution >= 4 is 15.9 Å². The Balaban J connectivity index is 1.63. The molecule has 1 atom stereocenters. The highest BCUT2D eigenvalue weighted by molar-refractivity contribution is 9.10. The lowest BCUT2D eigenvalue weighted by atomic mass is 10.0. The Morgan fingerprint density at radius 1 is 1.37 bits per heavy atom. The molecule has 1 aromatic rings. The molecule has 19 heavy (non-hydrogen) atoms. The van der Waals surface area contributed by atoms with Gasteiger partial charge in [0, 0.05) is 24.2 Å². The molecule has 1 unspecified atom stereocenters. The standard InChI is InChI=1S/C15H22BrNO2/c1-17(11-13-3-2-9-18-12-13)8-10-19-15-6-4-14(16)5-7-15/h4-7,13H,2-3,8-12H2,1H3. The van der Waals surface area contributed by atoms with Crippen LogP contribution in [0.3, 0.4) is 0 Å². The van der Waals surface area contributed by atoms with E-state index in [0.717, 1.165) is 43.1 Å². The Morgan fingerprint density at radius 2 is 2.16 bits per heavy atom. The molecule has 0 bridgehead atoms. The molecule has 1 aromatic carbocycles. The van der Waals surface area contributed by atoms with Crippen LogP contribution in [0.2, 0.25) is 0 Å². The van der Waals surface area contributed by atoms with E-state index < -0.39 is 0 Å². The van der Waals surface area contributed by atoms with Crippen molar-refractivity contribution < 1.29 is 9.47 Å². The summed E-state index contributed by atoms with van der Waals surface area (Å²) in [5, 5.41) is 0. The minimum Gasteiger partial charge on any atom is -0.492 e. The van der Waals surface area contributed by atoms with Crippen molar-refractivity contribution in [3.05, 3.63) is 28.7 Å². The van der Waals surface area contributed by atoms with Gasteiger partial charge < -0.3 is 14.4 Å². The van der Waals surface area contributed by atoms with Crippen LogP contribution in [0.15, 0.2) is 28.7 Å². The maximum Gasteiger partial charge on any atom is 0.119 e. The van der Waals surface area contributed by atoms with E-state index in [4.69, 9.17) is 9.47 Å². The Hall–Kier alpha value is -0.580. The van der Waals surface area contributed by atoms with Gasteiger partial charge in [-0.2, -0.15) is 0 Å². The van der Waals surface area contributed by atoms with E-state index in [2.05, 4.69) is 27.9 Å². The topological polar surface area (TPSA) is 21.7 Å². The minimum absolute atomic E-state index is 0.687. The normalized spacial score (nSPS) is 19.6. The van der Waals surface area contributed by atoms with E-state index >= 15 is 0 Å². The number of nitrogens with zero attached hydrogens (tertiary/aromatic N) is 1. The number of halogens is 1. The summed E-state index contributed by atoms with van der Waals surface area (Å²) >= 11 is 3.42. The van der Waals surface area contributed by atoms with E-state index in [1.54, 1.807) is 0 Å². The molecule has 2 rings (SSSR count). The van der Waals surface area contributed by atoms with Gasteiger partial charge in [-0.3, -0.25) is 0 Å². The third-order valence-corrected chi connectivity index (χ3v) is 3.91. The molecule has 0 saturated carbocycles. The SMILES string of the molecule is CN(CCOc1ccc(Br)cc1)CC1CCCOC1. The highest BCUT2D eigenvalue weighted by Gasteiger charge is 2.15. The fraction of sp³-hybridized carbons (Fsp3) is 0.600. The zero-order chi connectivity index (χ0) is 13.5. The molecule has 1 heterocycles. The highest BCUT2D eigenvalue weighted by atomic mass is 79.9. The Kier molecular flexibility index (Phi) is 6.14. The van der Waals surface area contributed by atoms with Gasteiger partial charge in [-0.15, -0.1) is 0 Å². The molecule has 0 aromatic heterocycles. The molecule has 0 aliphatic carbocycles. The van der Waals surface area contributed by atoms with Crippen molar-refractivity contribution in [1.82, 2.24) is 4.90 Å². The first-order chi connectivity index (χ1) is 9.24. The van der Waals surface area contributed by atoms with E-state index in [0.29, 0.717) is 5.92 Å². The Morgan fingerprint density at radius 3 is 2.84 bits per heavy atom. The van der Waals surface area contributed by atoms with Gasteiger partial charge in [0.2, 0.25) is 0 Å². The van der Waals surface area contributed by atoms with Gasteiger partial charge in [0.15, 0.2) is 0 Å². The predicted molar refractivity (Wildman–Crippen MR) is 80.7 cm³/mol. The Bertz CT molecular complexity index is 363. The minimum atomic E-state index is 0.687. The first kappa shape index (κ1) is 14.8. The van der Waals surface area contributed by atoms with Crippen LogP contribution >= 0.6 is 15.9 Å². The molecule has 3 nitrogen and oxygen atoms in total. The van der Waals surface area contributed by atoms with Crippen molar-refractivity contribution in [3.8, 4) is 5.75 Å². The molecule has 0 spiro atoms. The van der Waals surface area contributed by atoms with Gasteiger partial charge >= 0.3 is 0 Å². The summed E-state index contributed by atoms with van der Waals surface area (Å²) in [5.41, 5.74) is 0. The van der Waals surface area contributed by atoms with Gasteiger partial charge in [-0.05, 0) is 50.1 Å². The van der Waals surface area contributed by atoms with Gasteiger partial charge in [0.05, 0.1) is 6.61 Å². The third kappa shape index (κ3) is 5.51. The molecule has 106 valence electrons. The van der Waals surface area contributed by atoms with Crippen LogP contribution in [0.5, 0.6) is 5.75 Å². The molecule has 0 amide bonds. The van der Waals surface area contributed by atoms with Gasteiger partial charge in [0.25, 0.3) is 0 Å². The summed E-state index contributed by atoms with van der Waals surface area (Å²) in [6.45, 7) is 4.63. The maximum atomic E-state index is 5.73. The Labute approximate surface area is 124 Å². The van der Waals surface area contributed by atoms with E-state index in [9.17, 15) is 0 Å². The van der Waals surface area contributed by atoms with Crippen LogP contribution in [0.4, 0.5) is 0 Å². The van der Waals surface area contributed by atoms with Gasteiger partial charge in [0.1, 0.15) is 12.4 Å². The van der Waals surface area contributed by atoms with Crippen molar-refractivity contribution in [1.29, 1.82) is 0 Å². The summed E-state index contributed by atoms with van der Waals surface area (Å²) < 4.78 is 12.3. The average Bonchev–Trinajstić information content (AvgIpc) is 2.42. The van der Waals surface area contributed by atoms with Gasteiger partial charge in [-0.1, -0.05) is 15.9 Å². The average molecular weight is 328 g/mol. The van der Waals surface area contributed by atoms with E-state index in [-0.39, 0.29) is 0 Å². The van der Waals surface area contributed by atoms with Crippen molar-refractivity contribution in [2.24, 2.45) is 5.92 Å². The van der Waals surface area contributed by atoms with E-state index in [1.807, 2.05) is 24.3 Å². The lowest BCUT2D eigenvalue weighted by Crippen LogP contribution is -2.33. The van der Waals surface area contributed by atoms with Crippen LogP contribution < -0.4 is 4.74 Å². The maximum absolute atomic E-state index is 5.73. The molecule has 4 heteroatoms. The molecule has 1 aliphatic heterocycles. The van der Waals surface area contributed by atoms with Crippen LogP contribution in [-0.2, 0) is 4.74 Å².